The first-order valence-electron chi connectivity index (χ1n) is 7.85. The number of carbonyl (C=O) groups is 1. The number of benzene rings is 1. The van der Waals surface area contributed by atoms with Crippen molar-refractivity contribution in [1.82, 2.24) is 9.78 Å². The minimum absolute atomic E-state index is 0.234. The Morgan fingerprint density at radius 3 is 2.82 bits per heavy atom. The van der Waals surface area contributed by atoms with Crippen LogP contribution in [0.4, 0.5) is 0 Å². The van der Waals surface area contributed by atoms with E-state index in [9.17, 15) is 4.79 Å². The monoisotopic (exact) mass is 316 g/mol. The van der Waals surface area contributed by atoms with Crippen LogP contribution in [-0.2, 0) is 12.8 Å². The molecule has 1 aromatic heterocycles. The molecule has 1 heterocycles. The fourth-order valence-corrected chi connectivity index (χ4v) is 3.37. The summed E-state index contributed by atoms with van der Waals surface area (Å²) in [5, 5.41) is 5.45. The number of hydrogen-bond acceptors (Lipinski definition) is 2. The number of aromatic nitrogens is 2. The standard InChI is InChI=1S/C18H21ClN2O/c1-11(2)7-15-18-16(8-12(3)9-17(18)22)21(20-15)14-6-4-5-13(19)10-14/h4-6,10-12H,7-9H2,1-3H3. The Balaban J connectivity index is 2.16. The van der Waals surface area contributed by atoms with Crippen LogP contribution in [0, 0.1) is 11.8 Å². The zero-order valence-electron chi connectivity index (χ0n) is 13.3. The summed E-state index contributed by atoms with van der Waals surface area (Å²) in [7, 11) is 0. The van der Waals surface area contributed by atoms with Crippen LogP contribution in [0.1, 0.15) is 48.9 Å². The number of fused-ring (bicyclic) bond motifs is 1. The number of Topliss-reactive ketones (excluding diaryl/α,β-unsaturated/α-hetero) is 1. The van der Waals surface area contributed by atoms with Crippen molar-refractivity contribution in [1.29, 1.82) is 0 Å². The molecule has 1 aliphatic carbocycles. The van der Waals surface area contributed by atoms with Crippen LogP contribution in [0.3, 0.4) is 0 Å². The molecule has 0 N–H and O–H groups in total. The van der Waals surface area contributed by atoms with Crippen LogP contribution >= 0.6 is 11.6 Å². The van der Waals surface area contributed by atoms with E-state index in [-0.39, 0.29) is 5.78 Å². The normalized spacial score (nSPS) is 17.9. The minimum Gasteiger partial charge on any atom is -0.294 e. The van der Waals surface area contributed by atoms with Crippen molar-refractivity contribution in [3.63, 3.8) is 0 Å². The van der Waals surface area contributed by atoms with Gasteiger partial charge in [0.15, 0.2) is 5.78 Å². The van der Waals surface area contributed by atoms with Crippen molar-refractivity contribution in [3.05, 3.63) is 46.2 Å². The molecule has 116 valence electrons. The van der Waals surface area contributed by atoms with Crippen molar-refractivity contribution < 1.29 is 4.79 Å². The van der Waals surface area contributed by atoms with Crippen LogP contribution in [0.2, 0.25) is 5.02 Å². The van der Waals surface area contributed by atoms with Gasteiger partial charge in [-0.2, -0.15) is 5.10 Å². The molecule has 1 aromatic carbocycles. The third kappa shape index (κ3) is 2.82. The highest BCUT2D eigenvalue weighted by atomic mass is 35.5. The van der Waals surface area contributed by atoms with Gasteiger partial charge in [-0.1, -0.05) is 38.4 Å². The molecule has 0 bridgehead atoms. The molecule has 3 nitrogen and oxygen atoms in total. The zero-order valence-corrected chi connectivity index (χ0v) is 14.0. The first-order chi connectivity index (χ1) is 10.5. The van der Waals surface area contributed by atoms with Gasteiger partial charge >= 0.3 is 0 Å². The molecule has 1 aliphatic rings. The molecular formula is C18H21ClN2O. The molecule has 4 heteroatoms. The van der Waals surface area contributed by atoms with Gasteiger partial charge in [0, 0.05) is 11.4 Å². The Labute approximate surface area is 136 Å². The van der Waals surface area contributed by atoms with Crippen LogP contribution < -0.4 is 0 Å². The van der Waals surface area contributed by atoms with E-state index in [1.807, 2.05) is 28.9 Å². The number of rotatable bonds is 3. The van der Waals surface area contributed by atoms with Crippen molar-refractivity contribution in [2.75, 3.05) is 0 Å². The lowest BCUT2D eigenvalue weighted by atomic mass is 9.86. The molecule has 0 saturated heterocycles. The van der Waals surface area contributed by atoms with E-state index in [4.69, 9.17) is 16.7 Å². The highest BCUT2D eigenvalue weighted by molar-refractivity contribution is 6.30. The Morgan fingerprint density at radius 1 is 1.36 bits per heavy atom. The van der Waals surface area contributed by atoms with E-state index in [0.29, 0.717) is 23.3 Å². The van der Waals surface area contributed by atoms with E-state index >= 15 is 0 Å². The largest absolute Gasteiger partial charge is 0.294 e. The molecule has 22 heavy (non-hydrogen) atoms. The zero-order chi connectivity index (χ0) is 15.9. The van der Waals surface area contributed by atoms with Crippen LogP contribution in [0.15, 0.2) is 24.3 Å². The number of halogens is 1. The van der Waals surface area contributed by atoms with E-state index in [2.05, 4.69) is 20.8 Å². The highest BCUT2D eigenvalue weighted by Crippen LogP contribution is 2.31. The molecule has 0 spiro atoms. The lowest BCUT2D eigenvalue weighted by Crippen LogP contribution is -2.20. The van der Waals surface area contributed by atoms with Gasteiger partial charge in [-0.05, 0) is 42.9 Å². The third-order valence-electron chi connectivity index (χ3n) is 4.06. The molecule has 0 saturated carbocycles. The fraction of sp³-hybridized carbons (Fsp3) is 0.444. The SMILES string of the molecule is CC(C)Cc1nn(-c2cccc(Cl)c2)c2c1C(=O)CC(C)C2. The van der Waals surface area contributed by atoms with Crippen LogP contribution in [0.25, 0.3) is 5.69 Å². The maximum atomic E-state index is 12.5. The smallest absolute Gasteiger partial charge is 0.166 e. The second kappa shape index (κ2) is 5.88. The topological polar surface area (TPSA) is 34.9 Å². The first kappa shape index (κ1) is 15.3. The molecule has 0 radical (unpaired) electrons. The summed E-state index contributed by atoms with van der Waals surface area (Å²) in [6, 6.07) is 7.66. The lowest BCUT2D eigenvalue weighted by molar-refractivity contribution is 0.0951. The van der Waals surface area contributed by atoms with E-state index < -0.39 is 0 Å². The quantitative estimate of drug-likeness (QED) is 0.836. The maximum Gasteiger partial charge on any atom is 0.166 e. The maximum absolute atomic E-state index is 12.5. The average Bonchev–Trinajstić information content (AvgIpc) is 2.76. The lowest BCUT2D eigenvalue weighted by Gasteiger charge is -2.19. The van der Waals surface area contributed by atoms with Gasteiger partial charge in [0.25, 0.3) is 0 Å². The van der Waals surface area contributed by atoms with Crippen LogP contribution in [-0.4, -0.2) is 15.6 Å². The number of hydrogen-bond donors (Lipinski definition) is 0. The summed E-state index contributed by atoms with van der Waals surface area (Å²) in [5.74, 6) is 1.07. The van der Waals surface area contributed by atoms with Crippen molar-refractivity contribution in [2.24, 2.45) is 11.8 Å². The number of ketones is 1. The van der Waals surface area contributed by atoms with Gasteiger partial charge in [-0.15, -0.1) is 0 Å². The van der Waals surface area contributed by atoms with Crippen molar-refractivity contribution in [2.45, 2.75) is 40.0 Å². The number of carbonyl (C=O) groups excluding carboxylic acids is 1. The predicted molar refractivity (Wildman–Crippen MR) is 88.9 cm³/mol. The first-order valence-corrected chi connectivity index (χ1v) is 8.23. The Bertz CT molecular complexity index is 718. The molecule has 0 amide bonds. The molecular weight excluding hydrogens is 296 g/mol. The highest BCUT2D eigenvalue weighted by Gasteiger charge is 2.30. The summed E-state index contributed by atoms with van der Waals surface area (Å²) in [4.78, 5) is 12.5. The van der Waals surface area contributed by atoms with Crippen molar-refractivity contribution in [3.8, 4) is 5.69 Å². The number of nitrogens with zero attached hydrogens (tertiary/aromatic N) is 2. The Morgan fingerprint density at radius 2 is 2.14 bits per heavy atom. The summed E-state index contributed by atoms with van der Waals surface area (Å²) in [5.41, 5.74) is 3.76. The summed E-state index contributed by atoms with van der Waals surface area (Å²) < 4.78 is 1.92. The Kier molecular flexibility index (Phi) is 4.09. The fourth-order valence-electron chi connectivity index (χ4n) is 3.19. The average molecular weight is 317 g/mol. The van der Waals surface area contributed by atoms with E-state index in [0.717, 1.165) is 35.5 Å². The van der Waals surface area contributed by atoms with E-state index in [1.165, 1.54) is 0 Å². The van der Waals surface area contributed by atoms with Gasteiger partial charge < -0.3 is 0 Å². The molecule has 0 fully saturated rings. The van der Waals surface area contributed by atoms with E-state index in [1.54, 1.807) is 0 Å². The second-order valence-electron chi connectivity index (χ2n) is 6.69. The molecule has 1 unspecified atom stereocenters. The van der Waals surface area contributed by atoms with Gasteiger partial charge in [0.05, 0.1) is 22.6 Å². The minimum atomic E-state index is 0.234. The molecule has 1 atom stereocenters. The van der Waals surface area contributed by atoms with Crippen molar-refractivity contribution >= 4 is 17.4 Å². The molecule has 3 rings (SSSR count). The second-order valence-corrected chi connectivity index (χ2v) is 7.13. The summed E-state index contributed by atoms with van der Waals surface area (Å²) in [6.45, 7) is 6.43. The summed E-state index contributed by atoms with van der Waals surface area (Å²) in [6.07, 6.45) is 2.34. The van der Waals surface area contributed by atoms with Gasteiger partial charge in [0.2, 0.25) is 0 Å². The van der Waals surface area contributed by atoms with Gasteiger partial charge in [-0.25, -0.2) is 4.68 Å². The van der Waals surface area contributed by atoms with Gasteiger partial charge in [-0.3, -0.25) is 4.79 Å². The van der Waals surface area contributed by atoms with Crippen LogP contribution in [0.5, 0.6) is 0 Å². The third-order valence-corrected chi connectivity index (χ3v) is 4.30. The Hall–Kier alpha value is -1.61. The summed E-state index contributed by atoms with van der Waals surface area (Å²) >= 11 is 6.12. The molecule has 0 aliphatic heterocycles. The van der Waals surface area contributed by atoms with Gasteiger partial charge in [0.1, 0.15) is 0 Å². The molecule has 2 aromatic rings. The predicted octanol–water partition coefficient (Wildman–Crippen LogP) is 4.49.